The quantitative estimate of drug-likeness (QED) is 0.670. The van der Waals surface area contributed by atoms with Gasteiger partial charge >= 0.3 is 11.9 Å². The largest absolute Gasteiger partial charge is 0.480 e. The summed E-state index contributed by atoms with van der Waals surface area (Å²) in [5, 5.41) is 9.00. The number of hydrogen-bond donors (Lipinski definition) is 1. The number of allylic oxidation sites excluding steroid dienone is 1. The zero-order chi connectivity index (χ0) is 14.5. The van der Waals surface area contributed by atoms with Crippen LogP contribution in [0, 0.1) is 0 Å². The van der Waals surface area contributed by atoms with E-state index in [2.05, 4.69) is 0 Å². The summed E-state index contributed by atoms with van der Waals surface area (Å²) in [6.07, 6.45) is 2.48. The van der Waals surface area contributed by atoms with E-state index in [0.29, 0.717) is 18.5 Å². The van der Waals surface area contributed by atoms with Crippen molar-refractivity contribution >= 4 is 11.9 Å². The lowest BCUT2D eigenvalue weighted by Crippen LogP contribution is -2.31. The maximum atomic E-state index is 11.7. The lowest BCUT2D eigenvalue weighted by atomic mass is 10.2. The molecule has 0 amide bonds. The number of ether oxygens (including phenoxy) is 1. The SMILES string of the molecule is CN1/C(=C\C(=O)OCc2ccccc2)CC[C@H]1C(=O)O. The van der Waals surface area contributed by atoms with E-state index in [1.807, 2.05) is 30.3 Å². The van der Waals surface area contributed by atoms with Crippen molar-refractivity contribution in [1.29, 1.82) is 0 Å². The van der Waals surface area contributed by atoms with Gasteiger partial charge in [-0.3, -0.25) is 0 Å². The number of carboxylic acid groups (broad SMARTS) is 1. The first-order valence-electron chi connectivity index (χ1n) is 6.45. The minimum absolute atomic E-state index is 0.218. The van der Waals surface area contributed by atoms with Gasteiger partial charge < -0.3 is 14.7 Å². The zero-order valence-electron chi connectivity index (χ0n) is 11.3. The van der Waals surface area contributed by atoms with Gasteiger partial charge in [0.05, 0.1) is 0 Å². The number of likely N-dealkylation sites (tertiary alicyclic amines) is 1. The summed E-state index contributed by atoms with van der Waals surface area (Å²) >= 11 is 0. The fourth-order valence-electron chi connectivity index (χ4n) is 2.22. The van der Waals surface area contributed by atoms with Crippen LogP contribution in [0.2, 0.25) is 0 Å². The predicted molar refractivity (Wildman–Crippen MR) is 72.7 cm³/mol. The zero-order valence-corrected chi connectivity index (χ0v) is 11.3. The molecule has 0 spiro atoms. The van der Waals surface area contributed by atoms with Gasteiger partial charge in [0.25, 0.3) is 0 Å². The molecular weight excluding hydrogens is 258 g/mol. The van der Waals surface area contributed by atoms with Gasteiger partial charge in [0.15, 0.2) is 0 Å². The number of hydrogen-bond acceptors (Lipinski definition) is 4. The molecule has 1 aromatic carbocycles. The third-order valence-corrected chi connectivity index (χ3v) is 3.39. The monoisotopic (exact) mass is 275 g/mol. The molecule has 1 N–H and O–H groups in total. The smallest absolute Gasteiger partial charge is 0.332 e. The van der Waals surface area contributed by atoms with Crippen LogP contribution in [-0.2, 0) is 20.9 Å². The summed E-state index contributed by atoms with van der Waals surface area (Å²) in [5.41, 5.74) is 1.62. The number of esters is 1. The van der Waals surface area contributed by atoms with Gasteiger partial charge in [0, 0.05) is 18.8 Å². The van der Waals surface area contributed by atoms with Crippen molar-refractivity contribution in [1.82, 2.24) is 4.90 Å². The van der Waals surface area contributed by atoms with Crippen molar-refractivity contribution in [2.45, 2.75) is 25.5 Å². The number of benzene rings is 1. The Kier molecular flexibility index (Phi) is 4.40. The minimum atomic E-state index is -0.867. The molecule has 1 atom stereocenters. The molecule has 0 bridgehead atoms. The van der Waals surface area contributed by atoms with Crippen molar-refractivity contribution in [3.05, 3.63) is 47.7 Å². The lowest BCUT2D eigenvalue weighted by molar-refractivity contribution is -0.142. The molecule has 1 heterocycles. The summed E-state index contributed by atoms with van der Waals surface area (Å²) in [6.45, 7) is 0.218. The third kappa shape index (κ3) is 3.38. The van der Waals surface area contributed by atoms with E-state index >= 15 is 0 Å². The molecule has 1 aromatic rings. The molecule has 1 fully saturated rings. The molecule has 1 aliphatic rings. The van der Waals surface area contributed by atoms with Gasteiger partial charge in [0.1, 0.15) is 12.6 Å². The number of carbonyl (C=O) groups excluding carboxylic acids is 1. The van der Waals surface area contributed by atoms with Gasteiger partial charge in [-0.1, -0.05) is 30.3 Å². The van der Waals surface area contributed by atoms with Crippen LogP contribution in [0.4, 0.5) is 0 Å². The van der Waals surface area contributed by atoms with Crippen LogP contribution < -0.4 is 0 Å². The molecule has 0 unspecified atom stereocenters. The molecule has 5 heteroatoms. The van der Waals surface area contributed by atoms with E-state index in [1.54, 1.807) is 11.9 Å². The normalized spacial score (nSPS) is 20.1. The van der Waals surface area contributed by atoms with Crippen LogP contribution in [-0.4, -0.2) is 35.0 Å². The van der Waals surface area contributed by atoms with Crippen molar-refractivity contribution in [2.75, 3.05) is 7.05 Å². The summed E-state index contributed by atoms with van der Waals surface area (Å²) in [7, 11) is 1.68. The third-order valence-electron chi connectivity index (χ3n) is 3.39. The molecule has 0 aliphatic carbocycles. The Labute approximate surface area is 117 Å². The Morgan fingerprint density at radius 2 is 2.10 bits per heavy atom. The highest BCUT2D eigenvalue weighted by molar-refractivity contribution is 5.83. The number of carboxylic acids is 1. The molecule has 0 saturated carbocycles. The molecule has 5 nitrogen and oxygen atoms in total. The van der Waals surface area contributed by atoms with E-state index in [-0.39, 0.29) is 6.61 Å². The van der Waals surface area contributed by atoms with Gasteiger partial charge in [-0.05, 0) is 18.4 Å². The second-order valence-corrected chi connectivity index (χ2v) is 4.73. The average Bonchev–Trinajstić information content (AvgIpc) is 2.79. The Morgan fingerprint density at radius 3 is 2.70 bits per heavy atom. The van der Waals surface area contributed by atoms with E-state index in [1.165, 1.54) is 6.08 Å². The first-order valence-corrected chi connectivity index (χ1v) is 6.45. The summed E-state index contributed by atoms with van der Waals surface area (Å²) in [4.78, 5) is 24.3. The minimum Gasteiger partial charge on any atom is -0.480 e. The summed E-state index contributed by atoms with van der Waals surface area (Å²) in [6, 6.07) is 8.86. The number of likely N-dealkylation sites (N-methyl/N-ethyl adjacent to an activating group) is 1. The Hall–Kier alpha value is -2.30. The molecule has 2 rings (SSSR count). The lowest BCUT2D eigenvalue weighted by Gasteiger charge is -2.18. The number of carbonyl (C=O) groups is 2. The number of nitrogens with zero attached hydrogens (tertiary/aromatic N) is 1. The van der Waals surface area contributed by atoms with Crippen LogP contribution in [0.15, 0.2) is 42.1 Å². The molecule has 0 radical (unpaired) electrons. The van der Waals surface area contributed by atoms with Gasteiger partial charge in [0.2, 0.25) is 0 Å². The number of aliphatic carboxylic acids is 1. The van der Waals surface area contributed by atoms with Crippen molar-refractivity contribution in [3.8, 4) is 0 Å². The standard InChI is InChI=1S/C15H17NO4/c1-16-12(7-8-13(16)15(18)19)9-14(17)20-10-11-5-3-2-4-6-11/h2-6,9,13H,7-8,10H2,1H3,(H,18,19)/b12-9-/t13-/m0/s1. The molecule has 0 aromatic heterocycles. The highest BCUT2D eigenvalue weighted by Crippen LogP contribution is 2.25. The first kappa shape index (κ1) is 14.1. The molecule has 106 valence electrons. The fourth-order valence-corrected chi connectivity index (χ4v) is 2.22. The number of rotatable bonds is 4. The average molecular weight is 275 g/mol. The maximum Gasteiger partial charge on any atom is 0.332 e. The second kappa shape index (κ2) is 6.23. The first-order chi connectivity index (χ1) is 9.58. The molecular formula is C15H17NO4. The molecule has 20 heavy (non-hydrogen) atoms. The van der Waals surface area contributed by atoms with E-state index < -0.39 is 18.0 Å². The van der Waals surface area contributed by atoms with Gasteiger partial charge in [-0.25, -0.2) is 9.59 Å². The highest BCUT2D eigenvalue weighted by Gasteiger charge is 2.30. The second-order valence-electron chi connectivity index (χ2n) is 4.73. The van der Waals surface area contributed by atoms with Gasteiger partial charge in [-0.15, -0.1) is 0 Å². The molecule has 1 saturated heterocycles. The van der Waals surface area contributed by atoms with Crippen molar-refractivity contribution in [3.63, 3.8) is 0 Å². The van der Waals surface area contributed by atoms with E-state index in [0.717, 1.165) is 5.56 Å². The topological polar surface area (TPSA) is 66.8 Å². The van der Waals surface area contributed by atoms with Crippen LogP contribution in [0.1, 0.15) is 18.4 Å². The highest BCUT2D eigenvalue weighted by atomic mass is 16.5. The fraction of sp³-hybridized carbons (Fsp3) is 0.333. The summed E-state index contributed by atoms with van der Waals surface area (Å²) in [5.74, 6) is -1.31. The van der Waals surface area contributed by atoms with Gasteiger partial charge in [-0.2, -0.15) is 0 Å². The Balaban J connectivity index is 1.91. The van der Waals surface area contributed by atoms with Crippen LogP contribution >= 0.6 is 0 Å². The van der Waals surface area contributed by atoms with E-state index in [9.17, 15) is 9.59 Å². The molecule has 1 aliphatic heterocycles. The predicted octanol–water partition coefficient (Wildman–Crippen LogP) is 1.79. The van der Waals surface area contributed by atoms with Crippen LogP contribution in [0.5, 0.6) is 0 Å². The van der Waals surface area contributed by atoms with Crippen molar-refractivity contribution < 1.29 is 19.4 Å². The summed E-state index contributed by atoms with van der Waals surface area (Å²) < 4.78 is 5.14. The Morgan fingerprint density at radius 1 is 1.40 bits per heavy atom. The van der Waals surface area contributed by atoms with E-state index in [4.69, 9.17) is 9.84 Å². The Bertz CT molecular complexity index is 524. The van der Waals surface area contributed by atoms with Crippen molar-refractivity contribution in [2.24, 2.45) is 0 Å². The maximum absolute atomic E-state index is 11.7. The van der Waals surface area contributed by atoms with Crippen LogP contribution in [0.3, 0.4) is 0 Å². The van der Waals surface area contributed by atoms with Crippen LogP contribution in [0.25, 0.3) is 0 Å².